The Morgan fingerprint density at radius 1 is 1.09 bits per heavy atom. The van der Waals surface area contributed by atoms with Crippen LogP contribution in [0.2, 0.25) is 0 Å². The summed E-state index contributed by atoms with van der Waals surface area (Å²) < 4.78 is 0. The van der Waals surface area contributed by atoms with Crippen LogP contribution in [0, 0.1) is 6.92 Å². The van der Waals surface area contributed by atoms with Crippen LogP contribution in [0.1, 0.15) is 28.4 Å². The van der Waals surface area contributed by atoms with Gasteiger partial charge in [-0.25, -0.2) is 4.79 Å². The van der Waals surface area contributed by atoms with Crippen LogP contribution in [0.15, 0.2) is 54.6 Å². The van der Waals surface area contributed by atoms with E-state index in [1.807, 2.05) is 43.3 Å². The second-order valence-corrected chi connectivity index (χ2v) is 5.64. The van der Waals surface area contributed by atoms with E-state index in [-0.39, 0.29) is 12.0 Å². The van der Waals surface area contributed by atoms with E-state index < -0.39 is 0 Å². The van der Waals surface area contributed by atoms with E-state index in [4.69, 9.17) is 4.84 Å². The molecule has 2 N–H and O–H groups in total. The van der Waals surface area contributed by atoms with Crippen LogP contribution in [0.5, 0.6) is 0 Å². The van der Waals surface area contributed by atoms with E-state index >= 15 is 0 Å². The van der Waals surface area contributed by atoms with Crippen molar-refractivity contribution in [1.82, 2.24) is 10.8 Å². The molecule has 0 radical (unpaired) electrons. The molecule has 2 aromatic carbocycles. The van der Waals surface area contributed by atoms with Gasteiger partial charge in [0.2, 0.25) is 0 Å². The van der Waals surface area contributed by atoms with Crippen LogP contribution in [0.4, 0.5) is 0 Å². The van der Waals surface area contributed by atoms with Crippen molar-refractivity contribution in [3.63, 3.8) is 0 Å². The van der Waals surface area contributed by atoms with Crippen molar-refractivity contribution in [2.75, 3.05) is 13.1 Å². The Labute approximate surface area is 137 Å². The average Bonchev–Trinajstić information content (AvgIpc) is 2.56. The molecule has 0 bridgehead atoms. The number of aryl methyl sites for hydroxylation is 1. The van der Waals surface area contributed by atoms with E-state index in [1.165, 1.54) is 5.56 Å². The lowest BCUT2D eigenvalue weighted by molar-refractivity contribution is 0.0238. The predicted molar refractivity (Wildman–Crippen MR) is 92.2 cm³/mol. The summed E-state index contributed by atoms with van der Waals surface area (Å²) in [7, 11) is 0. The zero-order chi connectivity index (χ0) is 16.5. The summed E-state index contributed by atoms with van der Waals surface area (Å²) in [5.41, 5.74) is 5.56. The van der Waals surface area contributed by atoms with Crippen molar-refractivity contribution in [2.24, 2.45) is 0 Å². The van der Waals surface area contributed by atoms with E-state index in [0.717, 1.165) is 18.5 Å². The van der Waals surface area contributed by atoms with Gasteiger partial charge in [0.25, 0.3) is 0 Å². The lowest BCUT2D eigenvalue weighted by Gasteiger charge is -2.14. The molecular formula is C19H24N2O2. The van der Waals surface area contributed by atoms with Gasteiger partial charge in [-0.05, 0) is 44.0 Å². The maximum Gasteiger partial charge on any atom is 0.357 e. The first-order chi connectivity index (χ1) is 11.2. The standard InChI is InChI=1S/C19H24N2O2/c1-15-8-6-7-11-18(15)19(22)23-21-14-16(2)20-13-12-17-9-4-3-5-10-17/h3-11,16,20-21H,12-14H2,1-2H3. The van der Waals surface area contributed by atoms with Crippen molar-refractivity contribution >= 4 is 5.97 Å². The minimum Gasteiger partial charge on any atom is -0.367 e. The zero-order valence-corrected chi connectivity index (χ0v) is 13.7. The molecule has 2 aromatic rings. The van der Waals surface area contributed by atoms with Gasteiger partial charge in [0.05, 0.1) is 5.56 Å². The molecule has 122 valence electrons. The quantitative estimate of drug-likeness (QED) is 0.736. The third-order valence-electron chi connectivity index (χ3n) is 3.67. The molecule has 0 spiro atoms. The lowest BCUT2D eigenvalue weighted by Crippen LogP contribution is -2.38. The summed E-state index contributed by atoms with van der Waals surface area (Å²) in [6.07, 6.45) is 0.980. The summed E-state index contributed by atoms with van der Waals surface area (Å²) in [6.45, 7) is 5.40. The molecule has 4 heteroatoms. The van der Waals surface area contributed by atoms with Crippen LogP contribution in [-0.4, -0.2) is 25.1 Å². The molecule has 1 atom stereocenters. The highest BCUT2D eigenvalue weighted by Gasteiger charge is 2.10. The number of hydrogen-bond acceptors (Lipinski definition) is 4. The Bertz CT molecular complexity index is 614. The third-order valence-corrected chi connectivity index (χ3v) is 3.67. The first-order valence-electron chi connectivity index (χ1n) is 7.94. The van der Waals surface area contributed by atoms with Crippen molar-refractivity contribution in [2.45, 2.75) is 26.3 Å². The van der Waals surface area contributed by atoms with Gasteiger partial charge in [0, 0.05) is 12.6 Å². The first kappa shape index (κ1) is 17.2. The molecule has 0 aliphatic carbocycles. The van der Waals surface area contributed by atoms with Crippen molar-refractivity contribution < 1.29 is 9.63 Å². The van der Waals surface area contributed by atoms with Crippen LogP contribution in [-0.2, 0) is 11.3 Å². The molecule has 4 nitrogen and oxygen atoms in total. The third kappa shape index (κ3) is 5.85. The van der Waals surface area contributed by atoms with Gasteiger partial charge in [-0.2, -0.15) is 5.48 Å². The number of carbonyl (C=O) groups excluding carboxylic acids is 1. The van der Waals surface area contributed by atoms with Gasteiger partial charge in [0.15, 0.2) is 0 Å². The molecule has 0 amide bonds. The minimum atomic E-state index is -0.348. The van der Waals surface area contributed by atoms with E-state index in [0.29, 0.717) is 12.1 Å². The number of hydrogen-bond donors (Lipinski definition) is 2. The summed E-state index contributed by atoms with van der Waals surface area (Å²) >= 11 is 0. The second kappa shape index (κ2) is 9.08. The molecule has 0 saturated heterocycles. The molecule has 0 fully saturated rings. The fourth-order valence-corrected chi connectivity index (χ4v) is 2.27. The second-order valence-electron chi connectivity index (χ2n) is 5.64. The fraction of sp³-hybridized carbons (Fsp3) is 0.316. The Kier molecular flexibility index (Phi) is 6.78. The predicted octanol–water partition coefficient (Wildman–Crippen LogP) is 2.88. The van der Waals surface area contributed by atoms with Crippen molar-refractivity contribution in [3.05, 3.63) is 71.3 Å². The summed E-state index contributed by atoms with van der Waals surface area (Å²) in [5.74, 6) is -0.348. The number of benzene rings is 2. The highest BCUT2D eigenvalue weighted by molar-refractivity contribution is 5.90. The van der Waals surface area contributed by atoms with Crippen LogP contribution >= 0.6 is 0 Å². The zero-order valence-electron chi connectivity index (χ0n) is 13.7. The Morgan fingerprint density at radius 2 is 1.78 bits per heavy atom. The molecule has 0 aliphatic rings. The van der Waals surface area contributed by atoms with Gasteiger partial charge in [-0.3, -0.25) is 0 Å². The van der Waals surface area contributed by atoms with Crippen LogP contribution in [0.3, 0.4) is 0 Å². The average molecular weight is 312 g/mol. The molecule has 2 rings (SSSR count). The summed E-state index contributed by atoms with van der Waals surface area (Å²) in [5, 5.41) is 3.40. The number of nitrogens with one attached hydrogen (secondary N) is 2. The summed E-state index contributed by atoms with van der Waals surface area (Å²) in [4.78, 5) is 17.1. The Hall–Kier alpha value is -2.17. The topological polar surface area (TPSA) is 50.4 Å². The molecule has 23 heavy (non-hydrogen) atoms. The van der Waals surface area contributed by atoms with Crippen molar-refractivity contribution in [1.29, 1.82) is 0 Å². The number of rotatable bonds is 8. The molecule has 0 aromatic heterocycles. The highest BCUT2D eigenvalue weighted by atomic mass is 16.7. The highest BCUT2D eigenvalue weighted by Crippen LogP contribution is 2.07. The van der Waals surface area contributed by atoms with Crippen LogP contribution < -0.4 is 10.8 Å². The maximum absolute atomic E-state index is 11.9. The number of carbonyl (C=O) groups is 1. The maximum atomic E-state index is 11.9. The Morgan fingerprint density at radius 3 is 2.52 bits per heavy atom. The largest absolute Gasteiger partial charge is 0.367 e. The lowest BCUT2D eigenvalue weighted by atomic mass is 10.1. The smallest absolute Gasteiger partial charge is 0.357 e. The molecule has 0 heterocycles. The van der Waals surface area contributed by atoms with Gasteiger partial charge < -0.3 is 10.2 Å². The molecular weight excluding hydrogens is 288 g/mol. The first-order valence-corrected chi connectivity index (χ1v) is 7.94. The molecule has 1 unspecified atom stereocenters. The van der Waals surface area contributed by atoms with Gasteiger partial charge >= 0.3 is 5.97 Å². The van der Waals surface area contributed by atoms with Gasteiger partial charge in [0.1, 0.15) is 0 Å². The SMILES string of the molecule is Cc1ccccc1C(=O)ONCC(C)NCCc1ccccc1. The fourth-order valence-electron chi connectivity index (χ4n) is 2.27. The molecule has 0 aliphatic heterocycles. The number of hydroxylamine groups is 1. The van der Waals surface area contributed by atoms with E-state index in [1.54, 1.807) is 6.07 Å². The van der Waals surface area contributed by atoms with Crippen LogP contribution in [0.25, 0.3) is 0 Å². The summed E-state index contributed by atoms with van der Waals surface area (Å²) in [6, 6.07) is 18.0. The molecule has 0 saturated carbocycles. The monoisotopic (exact) mass is 312 g/mol. The van der Waals surface area contributed by atoms with Gasteiger partial charge in [-0.15, -0.1) is 0 Å². The van der Waals surface area contributed by atoms with Gasteiger partial charge in [-0.1, -0.05) is 48.5 Å². The van der Waals surface area contributed by atoms with E-state index in [9.17, 15) is 4.79 Å². The minimum absolute atomic E-state index is 0.211. The van der Waals surface area contributed by atoms with E-state index in [2.05, 4.69) is 29.9 Å². The Balaban J connectivity index is 1.64. The van der Waals surface area contributed by atoms with Crippen molar-refractivity contribution in [3.8, 4) is 0 Å². The normalized spacial score (nSPS) is 11.9.